The Morgan fingerprint density at radius 3 is 2.29 bits per heavy atom. The van der Waals surface area contributed by atoms with Gasteiger partial charge in [0.1, 0.15) is 0 Å². The molecule has 1 heterocycles. The second-order valence-electron chi connectivity index (χ2n) is 5.55. The molecule has 2 aromatic rings. The molecule has 1 amide bonds. The summed E-state index contributed by atoms with van der Waals surface area (Å²) in [6, 6.07) is 12.2. The number of nitrogens with one attached hydrogen (secondary N) is 2. The molecule has 2 rings (SSSR count). The summed E-state index contributed by atoms with van der Waals surface area (Å²) in [7, 11) is 1.85. The van der Waals surface area contributed by atoms with E-state index in [0.29, 0.717) is 6.54 Å². The third-order valence-corrected chi connectivity index (χ3v) is 3.72. The van der Waals surface area contributed by atoms with Crippen LogP contribution in [0.25, 0.3) is 11.1 Å². The zero-order valence-corrected chi connectivity index (χ0v) is 15.8. The Balaban J connectivity index is 0.00000264. The molecule has 0 aliphatic rings. The fourth-order valence-electron chi connectivity index (χ4n) is 2.34. The van der Waals surface area contributed by atoms with Gasteiger partial charge in [0, 0.05) is 24.9 Å². The lowest BCUT2D eigenvalue weighted by molar-refractivity contribution is -0.125. The highest BCUT2D eigenvalue weighted by atomic mass is 35.5. The Hall–Kier alpha value is -1.62. The average Bonchev–Trinajstić information content (AvgIpc) is 2.56. The Morgan fingerprint density at radius 1 is 1.08 bits per heavy atom. The molecule has 4 nitrogen and oxygen atoms in total. The van der Waals surface area contributed by atoms with Crippen molar-refractivity contribution in [3.63, 3.8) is 0 Å². The maximum absolute atomic E-state index is 12.0. The first-order valence-corrected chi connectivity index (χ1v) is 7.57. The van der Waals surface area contributed by atoms with Crippen molar-refractivity contribution in [2.45, 2.75) is 19.9 Å². The lowest BCUT2D eigenvalue weighted by Crippen LogP contribution is -2.35. The Kier molecular flexibility index (Phi) is 10.3. The normalized spacial score (nSPS) is 12.3. The Morgan fingerprint density at radius 2 is 1.75 bits per heavy atom. The summed E-state index contributed by atoms with van der Waals surface area (Å²) in [6.07, 6.45) is 3.61. The van der Waals surface area contributed by atoms with Gasteiger partial charge in [-0.05, 0) is 36.7 Å². The van der Waals surface area contributed by atoms with Crippen LogP contribution in [0, 0.1) is 5.92 Å². The molecule has 132 valence electrons. The van der Waals surface area contributed by atoms with Crippen LogP contribution < -0.4 is 10.6 Å². The zero-order chi connectivity index (χ0) is 15.9. The number of hydrogen-bond donors (Lipinski definition) is 2. The van der Waals surface area contributed by atoms with Crippen LogP contribution in [0.5, 0.6) is 0 Å². The van der Waals surface area contributed by atoms with E-state index in [2.05, 4.69) is 39.9 Å². The molecule has 0 aliphatic heterocycles. The van der Waals surface area contributed by atoms with Crippen LogP contribution in [0.3, 0.4) is 0 Å². The second-order valence-corrected chi connectivity index (χ2v) is 5.55. The highest BCUT2D eigenvalue weighted by molar-refractivity contribution is 5.85. The van der Waals surface area contributed by atoms with E-state index in [-0.39, 0.29) is 42.7 Å². The van der Waals surface area contributed by atoms with E-state index >= 15 is 0 Å². The van der Waals surface area contributed by atoms with Gasteiger partial charge in [0.05, 0.1) is 6.04 Å². The predicted octanol–water partition coefficient (Wildman–Crippen LogP) is 3.62. The van der Waals surface area contributed by atoms with Crippen LogP contribution in [0.1, 0.15) is 25.5 Å². The van der Waals surface area contributed by atoms with E-state index in [0.717, 1.165) is 16.7 Å². The molecule has 1 aromatic heterocycles. The number of aromatic nitrogens is 1. The summed E-state index contributed by atoms with van der Waals surface area (Å²) in [4.78, 5) is 16.2. The molecule has 0 bridgehead atoms. The highest BCUT2D eigenvalue weighted by Gasteiger charge is 2.15. The maximum Gasteiger partial charge on any atom is 0.224 e. The summed E-state index contributed by atoms with van der Waals surface area (Å²) < 4.78 is 0. The van der Waals surface area contributed by atoms with Crippen molar-refractivity contribution in [1.82, 2.24) is 15.6 Å². The molecule has 2 atom stereocenters. The van der Waals surface area contributed by atoms with E-state index in [1.54, 1.807) is 6.20 Å². The fraction of sp³-hybridized carbons (Fsp3) is 0.333. The van der Waals surface area contributed by atoms with Crippen LogP contribution >= 0.6 is 24.8 Å². The lowest BCUT2D eigenvalue weighted by Gasteiger charge is -2.18. The van der Waals surface area contributed by atoms with Crippen molar-refractivity contribution >= 4 is 30.7 Å². The number of nitrogens with zero attached hydrogens (tertiary/aromatic N) is 1. The van der Waals surface area contributed by atoms with Gasteiger partial charge in [-0.1, -0.05) is 37.3 Å². The molecular formula is C18H25Cl2N3O. The number of rotatable bonds is 6. The molecule has 2 unspecified atom stereocenters. The van der Waals surface area contributed by atoms with Crippen molar-refractivity contribution in [3.8, 4) is 11.1 Å². The summed E-state index contributed by atoms with van der Waals surface area (Å²) in [5, 5.41) is 6.07. The van der Waals surface area contributed by atoms with E-state index < -0.39 is 0 Å². The first-order chi connectivity index (χ1) is 10.6. The molecule has 1 aromatic carbocycles. The molecule has 0 spiro atoms. The molecule has 24 heavy (non-hydrogen) atoms. The van der Waals surface area contributed by atoms with Crippen LogP contribution in [-0.2, 0) is 4.79 Å². The summed E-state index contributed by atoms with van der Waals surface area (Å²) in [5.41, 5.74) is 3.31. The van der Waals surface area contributed by atoms with Gasteiger partial charge in [-0.15, -0.1) is 24.8 Å². The first-order valence-electron chi connectivity index (χ1n) is 7.57. The molecule has 0 radical (unpaired) electrons. The molecule has 0 saturated heterocycles. The van der Waals surface area contributed by atoms with Crippen LogP contribution in [0.4, 0.5) is 0 Å². The number of hydrogen-bond acceptors (Lipinski definition) is 3. The number of benzene rings is 1. The van der Waals surface area contributed by atoms with Gasteiger partial charge in [0.25, 0.3) is 0 Å². The first kappa shape index (κ1) is 22.4. The van der Waals surface area contributed by atoms with Gasteiger partial charge >= 0.3 is 0 Å². The highest BCUT2D eigenvalue weighted by Crippen LogP contribution is 2.21. The van der Waals surface area contributed by atoms with Crippen molar-refractivity contribution in [2.75, 3.05) is 13.6 Å². The summed E-state index contributed by atoms with van der Waals surface area (Å²) >= 11 is 0. The minimum atomic E-state index is -0.0397. The van der Waals surface area contributed by atoms with Crippen molar-refractivity contribution < 1.29 is 4.79 Å². The fourth-order valence-corrected chi connectivity index (χ4v) is 2.34. The van der Waals surface area contributed by atoms with Crippen molar-refractivity contribution in [3.05, 3.63) is 54.4 Å². The zero-order valence-electron chi connectivity index (χ0n) is 14.2. The monoisotopic (exact) mass is 369 g/mol. The maximum atomic E-state index is 12.0. The van der Waals surface area contributed by atoms with Crippen molar-refractivity contribution in [1.29, 1.82) is 0 Å². The standard InChI is InChI=1S/C18H23N3O.2ClH/c1-13(11-19-3)18(22)21-14(2)15-6-8-16(9-7-15)17-5-4-10-20-12-17;;/h4-10,12-14,19H,11H2,1-3H3,(H,21,22);2*1H. The average molecular weight is 370 g/mol. The van der Waals surface area contributed by atoms with Gasteiger partial charge in [-0.3, -0.25) is 9.78 Å². The lowest BCUT2D eigenvalue weighted by atomic mass is 10.0. The van der Waals surface area contributed by atoms with Gasteiger partial charge in [0.15, 0.2) is 0 Å². The molecule has 2 N–H and O–H groups in total. The quantitative estimate of drug-likeness (QED) is 0.817. The molecular weight excluding hydrogens is 345 g/mol. The summed E-state index contributed by atoms with van der Waals surface area (Å²) in [6.45, 7) is 4.60. The van der Waals surface area contributed by atoms with Crippen LogP contribution in [0.15, 0.2) is 48.8 Å². The van der Waals surface area contributed by atoms with E-state index in [4.69, 9.17) is 0 Å². The third kappa shape index (κ3) is 6.11. The predicted molar refractivity (Wildman–Crippen MR) is 104 cm³/mol. The molecule has 6 heteroatoms. The Labute approximate surface area is 156 Å². The minimum absolute atomic E-state index is 0. The smallest absolute Gasteiger partial charge is 0.224 e. The van der Waals surface area contributed by atoms with Gasteiger partial charge in [0.2, 0.25) is 5.91 Å². The molecule has 0 saturated carbocycles. The van der Waals surface area contributed by atoms with Gasteiger partial charge < -0.3 is 10.6 Å². The SMILES string of the molecule is CNCC(C)C(=O)NC(C)c1ccc(-c2cccnc2)cc1.Cl.Cl. The number of halogens is 2. The largest absolute Gasteiger partial charge is 0.349 e. The van der Waals surface area contributed by atoms with Gasteiger partial charge in [-0.2, -0.15) is 0 Å². The minimum Gasteiger partial charge on any atom is -0.349 e. The summed E-state index contributed by atoms with van der Waals surface area (Å²) in [5.74, 6) is 0.0281. The number of carbonyl (C=O) groups is 1. The molecule has 0 fully saturated rings. The van der Waals surface area contributed by atoms with Gasteiger partial charge in [-0.25, -0.2) is 0 Å². The number of pyridine rings is 1. The number of carbonyl (C=O) groups excluding carboxylic acids is 1. The third-order valence-electron chi connectivity index (χ3n) is 3.72. The van der Waals surface area contributed by atoms with Crippen LogP contribution in [0.2, 0.25) is 0 Å². The topological polar surface area (TPSA) is 54.0 Å². The van der Waals surface area contributed by atoms with Crippen LogP contribution in [-0.4, -0.2) is 24.5 Å². The van der Waals surface area contributed by atoms with Crippen molar-refractivity contribution in [2.24, 2.45) is 5.92 Å². The Bertz CT molecular complexity index is 605. The van der Waals surface area contributed by atoms with E-state index in [9.17, 15) is 4.79 Å². The second kappa shape index (κ2) is 11.0. The number of amides is 1. The van der Waals surface area contributed by atoms with E-state index in [1.807, 2.05) is 39.2 Å². The van der Waals surface area contributed by atoms with E-state index in [1.165, 1.54) is 0 Å². The molecule has 0 aliphatic carbocycles.